The summed E-state index contributed by atoms with van der Waals surface area (Å²) in [6.45, 7) is 3.61. The second kappa shape index (κ2) is 7.63. The first-order valence-electron chi connectivity index (χ1n) is 10.7. The predicted molar refractivity (Wildman–Crippen MR) is 113 cm³/mol. The number of urea groups is 1. The zero-order chi connectivity index (χ0) is 20.7. The van der Waals surface area contributed by atoms with Crippen molar-refractivity contribution < 1.29 is 14.4 Å². The van der Waals surface area contributed by atoms with Crippen LogP contribution in [0.2, 0.25) is 0 Å². The van der Waals surface area contributed by atoms with Crippen molar-refractivity contribution in [1.82, 2.24) is 20.0 Å². The Balaban J connectivity index is 1.21. The highest BCUT2D eigenvalue weighted by atomic mass is 16.2. The second-order valence-electron chi connectivity index (χ2n) is 8.41. The molecule has 3 fully saturated rings. The molecular formula is C23H26N4O3. The van der Waals surface area contributed by atoms with Crippen molar-refractivity contribution in [3.05, 3.63) is 48.0 Å². The number of benzene rings is 2. The van der Waals surface area contributed by atoms with E-state index in [4.69, 9.17) is 0 Å². The quantitative estimate of drug-likeness (QED) is 0.828. The molecule has 30 heavy (non-hydrogen) atoms. The number of hydrogen-bond donors (Lipinski definition) is 1. The number of fused-ring (bicyclic) bond motifs is 2. The summed E-state index contributed by atoms with van der Waals surface area (Å²) in [5, 5.41) is 4.89. The molecule has 0 aromatic heterocycles. The minimum Gasteiger partial charge on any atom is -0.339 e. The Morgan fingerprint density at radius 3 is 2.50 bits per heavy atom. The topological polar surface area (TPSA) is 73.0 Å². The minimum atomic E-state index is -0.0434. The normalized spacial score (nSPS) is 22.2. The Hall–Kier alpha value is -3.09. The summed E-state index contributed by atoms with van der Waals surface area (Å²) < 4.78 is 0. The van der Waals surface area contributed by atoms with Crippen molar-refractivity contribution >= 4 is 28.6 Å². The number of nitrogens with zero attached hydrogens (tertiary/aromatic N) is 3. The van der Waals surface area contributed by atoms with Gasteiger partial charge in [0, 0.05) is 50.7 Å². The highest BCUT2D eigenvalue weighted by molar-refractivity contribution is 6.07. The molecular weight excluding hydrogens is 380 g/mol. The fraction of sp³-hybridized carbons (Fsp3) is 0.435. The maximum Gasteiger partial charge on any atom is 0.317 e. The molecule has 0 aliphatic carbocycles. The van der Waals surface area contributed by atoms with Gasteiger partial charge in [0.2, 0.25) is 5.91 Å². The lowest BCUT2D eigenvalue weighted by Gasteiger charge is -2.39. The first-order valence-corrected chi connectivity index (χ1v) is 10.7. The van der Waals surface area contributed by atoms with Crippen LogP contribution in [0.25, 0.3) is 10.8 Å². The summed E-state index contributed by atoms with van der Waals surface area (Å²) in [6.07, 6.45) is 1.38. The van der Waals surface area contributed by atoms with Crippen molar-refractivity contribution in [3.63, 3.8) is 0 Å². The number of hydrogen-bond acceptors (Lipinski definition) is 3. The van der Waals surface area contributed by atoms with Crippen LogP contribution in [-0.4, -0.2) is 77.9 Å². The molecule has 3 saturated heterocycles. The van der Waals surface area contributed by atoms with E-state index in [0.29, 0.717) is 52.1 Å². The van der Waals surface area contributed by atoms with Gasteiger partial charge in [0.25, 0.3) is 5.91 Å². The average Bonchev–Trinajstić information content (AvgIpc) is 3.18. The molecule has 1 atom stereocenters. The van der Waals surface area contributed by atoms with E-state index in [9.17, 15) is 14.4 Å². The van der Waals surface area contributed by atoms with Gasteiger partial charge in [-0.05, 0) is 29.7 Å². The van der Waals surface area contributed by atoms with Gasteiger partial charge in [0.15, 0.2) is 0 Å². The molecule has 7 nitrogen and oxygen atoms in total. The van der Waals surface area contributed by atoms with E-state index in [1.54, 1.807) is 0 Å². The van der Waals surface area contributed by atoms with Crippen LogP contribution in [-0.2, 0) is 4.79 Å². The SMILES string of the molecule is O=C(c1cccc2ccccc12)N1CCC(C(=O)N2CCN3C(=O)NCC3C2)CC1. The Bertz CT molecular complexity index is 994. The molecule has 7 heteroatoms. The van der Waals surface area contributed by atoms with Gasteiger partial charge in [0.05, 0.1) is 6.04 Å². The van der Waals surface area contributed by atoms with E-state index in [1.165, 1.54) is 0 Å². The standard InChI is InChI=1S/C23H26N4O3/c28-21(26-12-13-27-18(15-26)14-24-23(27)30)17-8-10-25(11-9-17)22(29)20-7-3-5-16-4-1-2-6-19(16)20/h1-7,17-18H,8-15H2,(H,24,30). The summed E-state index contributed by atoms with van der Waals surface area (Å²) >= 11 is 0. The van der Waals surface area contributed by atoms with Gasteiger partial charge >= 0.3 is 6.03 Å². The number of likely N-dealkylation sites (tertiary alicyclic amines) is 1. The van der Waals surface area contributed by atoms with E-state index in [1.807, 2.05) is 57.2 Å². The van der Waals surface area contributed by atoms with Crippen LogP contribution in [0, 0.1) is 5.92 Å². The third kappa shape index (κ3) is 3.28. The zero-order valence-corrected chi connectivity index (χ0v) is 16.9. The lowest BCUT2D eigenvalue weighted by Crippen LogP contribution is -2.55. The second-order valence-corrected chi connectivity index (χ2v) is 8.41. The van der Waals surface area contributed by atoms with Crippen molar-refractivity contribution in [3.8, 4) is 0 Å². The lowest BCUT2D eigenvalue weighted by atomic mass is 9.93. The zero-order valence-electron chi connectivity index (χ0n) is 16.9. The Morgan fingerprint density at radius 1 is 0.900 bits per heavy atom. The summed E-state index contributed by atoms with van der Waals surface area (Å²) in [4.78, 5) is 43.6. The summed E-state index contributed by atoms with van der Waals surface area (Å²) in [5.74, 6) is 0.172. The number of nitrogens with one attached hydrogen (secondary N) is 1. The van der Waals surface area contributed by atoms with Crippen LogP contribution < -0.4 is 5.32 Å². The Kier molecular flexibility index (Phi) is 4.81. The lowest BCUT2D eigenvalue weighted by molar-refractivity contribution is -0.139. The van der Waals surface area contributed by atoms with Gasteiger partial charge in [-0.25, -0.2) is 4.79 Å². The third-order valence-electron chi connectivity index (χ3n) is 6.70. The van der Waals surface area contributed by atoms with Crippen molar-refractivity contribution in [2.24, 2.45) is 5.92 Å². The smallest absolute Gasteiger partial charge is 0.317 e. The van der Waals surface area contributed by atoms with Crippen LogP contribution >= 0.6 is 0 Å². The number of rotatable bonds is 2. The fourth-order valence-electron chi connectivity index (χ4n) is 4.97. The molecule has 3 heterocycles. The molecule has 1 unspecified atom stereocenters. The summed E-state index contributed by atoms with van der Waals surface area (Å²) in [6, 6.07) is 13.8. The third-order valence-corrected chi connectivity index (χ3v) is 6.70. The average molecular weight is 406 g/mol. The van der Waals surface area contributed by atoms with Crippen LogP contribution in [0.1, 0.15) is 23.2 Å². The maximum absolute atomic E-state index is 13.1. The Morgan fingerprint density at radius 2 is 1.67 bits per heavy atom. The molecule has 2 aromatic rings. The van der Waals surface area contributed by atoms with Gasteiger partial charge in [-0.2, -0.15) is 0 Å². The van der Waals surface area contributed by atoms with Crippen molar-refractivity contribution in [2.75, 3.05) is 39.3 Å². The van der Waals surface area contributed by atoms with E-state index in [-0.39, 0.29) is 29.8 Å². The van der Waals surface area contributed by atoms with E-state index >= 15 is 0 Å². The highest BCUT2D eigenvalue weighted by Gasteiger charge is 2.39. The molecule has 3 aliphatic rings. The Labute approximate surface area is 175 Å². The van der Waals surface area contributed by atoms with Gasteiger partial charge in [-0.1, -0.05) is 36.4 Å². The number of piperidine rings is 1. The van der Waals surface area contributed by atoms with E-state index in [0.717, 1.165) is 16.3 Å². The molecule has 0 bridgehead atoms. The fourth-order valence-corrected chi connectivity index (χ4v) is 4.97. The molecule has 3 aliphatic heterocycles. The summed E-state index contributed by atoms with van der Waals surface area (Å²) in [7, 11) is 0. The maximum atomic E-state index is 13.1. The van der Waals surface area contributed by atoms with Gasteiger partial charge in [0.1, 0.15) is 0 Å². The molecule has 0 spiro atoms. The number of amides is 4. The molecule has 4 amide bonds. The van der Waals surface area contributed by atoms with Crippen LogP contribution in [0.15, 0.2) is 42.5 Å². The predicted octanol–water partition coefficient (Wildman–Crippen LogP) is 1.93. The van der Waals surface area contributed by atoms with Gasteiger partial charge in [-0.3, -0.25) is 9.59 Å². The monoisotopic (exact) mass is 406 g/mol. The molecule has 0 saturated carbocycles. The van der Waals surface area contributed by atoms with Crippen LogP contribution in [0.4, 0.5) is 4.79 Å². The minimum absolute atomic E-state index is 0.0210. The molecule has 0 radical (unpaired) electrons. The number of carbonyl (C=O) groups excluding carboxylic acids is 3. The van der Waals surface area contributed by atoms with E-state index < -0.39 is 0 Å². The van der Waals surface area contributed by atoms with Crippen molar-refractivity contribution in [2.45, 2.75) is 18.9 Å². The molecule has 5 rings (SSSR count). The largest absolute Gasteiger partial charge is 0.339 e. The van der Waals surface area contributed by atoms with Gasteiger partial charge in [-0.15, -0.1) is 0 Å². The van der Waals surface area contributed by atoms with Crippen molar-refractivity contribution in [1.29, 1.82) is 0 Å². The van der Waals surface area contributed by atoms with E-state index in [2.05, 4.69) is 5.32 Å². The molecule has 1 N–H and O–H groups in total. The molecule has 156 valence electrons. The van der Waals surface area contributed by atoms with Crippen LogP contribution in [0.3, 0.4) is 0 Å². The molecule has 2 aromatic carbocycles. The van der Waals surface area contributed by atoms with Crippen LogP contribution in [0.5, 0.6) is 0 Å². The highest BCUT2D eigenvalue weighted by Crippen LogP contribution is 2.26. The first-order chi connectivity index (χ1) is 14.6. The van der Waals surface area contributed by atoms with Gasteiger partial charge < -0.3 is 20.0 Å². The summed E-state index contributed by atoms with van der Waals surface area (Å²) in [5.41, 5.74) is 0.729. The first kappa shape index (κ1) is 18.9. The number of piperazine rings is 1. The number of carbonyl (C=O) groups is 3.